The molecule has 0 radical (unpaired) electrons. The minimum absolute atomic E-state index is 0.0162. The summed E-state index contributed by atoms with van der Waals surface area (Å²) < 4.78 is 0. The third-order valence-electron chi connectivity index (χ3n) is 2.90. The minimum Gasteiger partial charge on any atom is -0.395 e. The zero-order valence-electron chi connectivity index (χ0n) is 12.6. The molecule has 5 nitrogen and oxygen atoms in total. The summed E-state index contributed by atoms with van der Waals surface area (Å²) in [6, 6.07) is 7.38. The number of carbonyl (C=O) groups is 2. The number of benzene rings is 1. The minimum atomic E-state index is -0.219. The summed E-state index contributed by atoms with van der Waals surface area (Å²) in [5.74, 6) is -0.0935. The highest BCUT2D eigenvalue weighted by atomic mass is 32.2. The van der Waals surface area contributed by atoms with Crippen molar-refractivity contribution in [2.75, 3.05) is 25.0 Å². The largest absolute Gasteiger partial charge is 0.395 e. The molecule has 1 aromatic carbocycles. The van der Waals surface area contributed by atoms with Crippen LogP contribution in [0.15, 0.2) is 29.2 Å². The number of nitrogens with zero attached hydrogens (tertiary/aromatic N) is 1. The quantitative estimate of drug-likeness (QED) is 0.756. The van der Waals surface area contributed by atoms with Crippen molar-refractivity contribution < 1.29 is 14.7 Å². The molecule has 2 amide bonds. The number of aliphatic hydroxyl groups is 1. The molecule has 0 saturated heterocycles. The third-order valence-corrected chi connectivity index (χ3v) is 4.00. The van der Waals surface area contributed by atoms with Gasteiger partial charge in [0.1, 0.15) is 0 Å². The van der Waals surface area contributed by atoms with Gasteiger partial charge in [0.25, 0.3) is 0 Å². The zero-order chi connectivity index (χ0) is 15.8. The maximum Gasteiger partial charge on any atom is 0.235 e. The Morgan fingerprint density at radius 2 is 1.95 bits per heavy atom. The smallest absolute Gasteiger partial charge is 0.235 e. The summed E-state index contributed by atoms with van der Waals surface area (Å²) in [6.45, 7) is 6.14. The van der Waals surface area contributed by atoms with E-state index in [2.05, 4.69) is 5.32 Å². The van der Waals surface area contributed by atoms with Gasteiger partial charge in [-0.2, -0.15) is 0 Å². The summed E-state index contributed by atoms with van der Waals surface area (Å²) in [5.41, 5.74) is 0.737. The third kappa shape index (κ3) is 5.77. The van der Waals surface area contributed by atoms with Crippen molar-refractivity contribution >= 4 is 29.3 Å². The van der Waals surface area contributed by atoms with E-state index < -0.39 is 0 Å². The maximum atomic E-state index is 12.2. The van der Waals surface area contributed by atoms with Gasteiger partial charge in [0.15, 0.2) is 0 Å². The van der Waals surface area contributed by atoms with Crippen LogP contribution in [0.4, 0.5) is 5.69 Å². The van der Waals surface area contributed by atoms with E-state index in [9.17, 15) is 9.59 Å². The molecule has 0 aliphatic heterocycles. The van der Waals surface area contributed by atoms with Crippen LogP contribution >= 0.6 is 11.8 Å². The van der Waals surface area contributed by atoms with Gasteiger partial charge in [-0.25, -0.2) is 0 Å². The highest BCUT2D eigenvalue weighted by Crippen LogP contribution is 2.25. The average Bonchev–Trinajstić information content (AvgIpc) is 2.45. The van der Waals surface area contributed by atoms with Crippen molar-refractivity contribution in [3.63, 3.8) is 0 Å². The van der Waals surface area contributed by atoms with E-state index in [0.29, 0.717) is 13.1 Å². The molecule has 0 fully saturated rings. The van der Waals surface area contributed by atoms with Gasteiger partial charge in [0.05, 0.1) is 11.9 Å². The van der Waals surface area contributed by atoms with Crippen molar-refractivity contribution in [2.45, 2.75) is 30.9 Å². The summed E-state index contributed by atoms with van der Waals surface area (Å²) in [4.78, 5) is 25.8. The van der Waals surface area contributed by atoms with Gasteiger partial charge in [-0.15, -0.1) is 11.8 Å². The first-order valence-corrected chi connectivity index (χ1v) is 7.79. The molecular weight excluding hydrogens is 288 g/mol. The Labute approximate surface area is 129 Å². The standard InChI is InChI=1S/C15H22N2O3S/c1-4-17(9-10-18)15(20)11(2)21-14-7-5-13(6-8-14)16-12(3)19/h5-8,11,18H,4,9-10H2,1-3H3,(H,16,19). The van der Waals surface area contributed by atoms with Crippen molar-refractivity contribution in [3.8, 4) is 0 Å². The lowest BCUT2D eigenvalue weighted by molar-refractivity contribution is -0.130. The molecular formula is C15H22N2O3S. The maximum absolute atomic E-state index is 12.2. The van der Waals surface area contributed by atoms with Crippen molar-refractivity contribution in [1.29, 1.82) is 0 Å². The molecule has 0 aromatic heterocycles. The van der Waals surface area contributed by atoms with Gasteiger partial charge < -0.3 is 15.3 Å². The summed E-state index contributed by atoms with van der Waals surface area (Å²) in [6.07, 6.45) is 0. The van der Waals surface area contributed by atoms with Crippen LogP contribution in [0.3, 0.4) is 0 Å². The molecule has 0 saturated carbocycles. The second-order valence-corrected chi connectivity index (χ2v) is 6.02. The Morgan fingerprint density at radius 1 is 1.33 bits per heavy atom. The SMILES string of the molecule is CCN(CCO)C(=O)C(C)Sc1ccc(NC(C)=O)cc1. The number of hydrogen-bond donors (Lipinski definition) is 2. The van der Waals surface area contributed by atoms with Crippen LogP contribution < -0.4 is 5.32 Å². The first-order chi connectivity index (χ1) is 9.97. The monoisotopic (exact) mass is 310 g/mol. The van der Waals surface area contributed by atoms with Crippen molar-refractivity contribution in [3.05, 3.63) is 24.3 Å². The molecule has 0 aliphatic carbocycles. The molecule has 1 unspecified atom stereocenters. The predicted molar refractivity (Wildman–Crippen MR) is 85.4 cm³/mol. The molecule has 1 rings (SSSR count). The fourth-order valence-electron chi connectivity index (χ4n) is 1.88. The Kier molecular flexibility index (Phi) is 7.25. The molecule has 0 bridgehead atoms. The Morgan fingerprint density at radius 3 is 2.43 bits per heavy atom. The lowest BCUT2D eigenvalue weighted by atomic mass is 10.3. The van der Waals surface area contributed by atoms with E-state index in [1.807, 2.05) is 38.1 Å². The van der Waals surface area contributed by atoms with Gasteiger partial charge in [-0.3, -0.25) is 9.59 Å². The normalized spacial score (nSPS) is 11.8. The zero-order valence-corrected chi connectivity index (χ0v) is 13.4. The molecule has 1 atom stereocenters. The molecule has 116 valence electrons. The Bertz CT molecular complexity index is 476. The van der Waals surface area contributed by atoms with Crippen LogP contribution in [0.1, 0.15) is 20.8 Å². The van der Waals surface area contributed by atoms with Crippen LogP contribution in [0.25, 0.3) is 0 Å². The molecule has 0 heterocycles. The molecule has 2 N–H and O–H groups in total. The van der Waals surface area contributed by atoms with Crippen LogP contribution in [0.2, 0.25) is 0 Å². The Hall–Kier alpha value is -1.53. The Balaban J connectivity index is 2.63. The topological polar surface area (TPSA) is 69.6 Å². The highest BCUT2D eigenvalue weighted by molar-refractivity contribution is 8.00. The van der Waals surface area contributed by atoms with E-state index >= 15 is 0 Å². The molecule has 21 heavy (non-hydrogen) atoms. The number of carbonyl (C=O) groups excluding carboxylic acids is 2. The summed E-state index contributed by atoms with van der Waals surface area (Å²) in [7, 11) is 0. The van der Waals surface area contributed by atoms with Crippen LogP contribution in [-0.4, -0.2) is 46.8 Å². The average molecular weight is 310 g/mol. The number of likely N-dealkylation sites (N-methyl/N-ethyl adjacent to an activating group) is 1. The number of rotatable bonds is 7. The number of hydrogen-bond acceptors (Lipinski definition) is 4. The predicted octanol–water partition coefficient (Wildman–Crippen LogP) is 1.97. The second-order valence-electron chi connectivity index (χ2n) is 4.61. The first kappa shape index (κ1) is 17.5. The molecule has 0 aliphatic rings. The van der Waals surface area contributed by atoms with Crippen LogP contribution in [0.5, 0.6) is 0 Å². The van der Waals surface area contributed by atoms with E-state index in [-0.39, 0.29) is 23.7 Å². The van der Waals surface area contributed by atoms with Gasteiger partial charge in [0.2, 0.25) is 11.8 Å². The number of nitrogens with one attached hydrogen (secondary N) is 1. The van der Waals surface area contributed by atoms with Gasteiger partial charge in [-0.1, -0.05) is 0 Å². The number of anilines is 1. The fraction of sp³-hybridized carbons (Fsp3) is 0.467. The van der Waals surface area contributed by atoms with Gasteiger partial charge in [0, 0.05) is 30.6 Å². The van der Waals surface area contributed by atoms with Crippen LogP contribution in [0, 0.1) is 0 Å². The lowest BCUT2D eigenvalue weighted by Gasteiger charge is -2.23. The lowest BCUT2D eigenvalue weighted by Crippen LogP contribution is -2.38. The van der Waals surface area contributed by atoms with E-state index in [4.69, 9.17) is 5.11 Å². The van der Waals surface area contributed by atoms with Crippen molar-refractivity contribution in [1.82, 2.24) is 4.90 Å². The summed E-state index contributed by atoms with van der Waals surface area (Å²) >= 11 is 1.46. The first-order valence-electron chi connectivity index (χ1n) is 6.91. The van der Waals surface area contributed by atoms with Gasteiger partial charge >= 0.3 is 0 Å². The summed E-state index contributed by atoms with van der Waals surface area (Å²) in [5, 5.41) is 11.4. The van der Waals surface area contributed by atoms with E-state index in [1.165, 1.54) is 18.7 Å². The van der Waals surface area contributed by atoms with Crippen molar-refractivity contribution in [2.24, 2.45) is 0 Å². The molecule has 6 heteroatoms. The number of amides is 2. The molecule has 1 aromatic rings. The fourth-order valence-corrected chi connectivity index (χ4v) is 2.83. The molecule has 0 spiro atoms. The van der Waals surface area contributed by atoms with E-state index in [1.54, 1.807) is 4.90 Å². The van der Waals surface area contributed by atoms with E-state index in [0.717, 1.165) is 10.6 Å². The number of aliphatic hydroxyl groups excluding tert-OH is 1. The number of thioether (sulfide) groups is 1. The second kappa shape index (κ2) is 8.69. The highest BCUT2D eigenvalue weighted by Gasteiger charge is 2.19. The van der Waals surface area contributed by atoms with Gasteiger partial charge in [-0.05, 0) is 38.1 Å². The van der Waals surface area contributed by atoms with Crippen LogP contribution in [-0.2, 0) is 9.59 Å².